The van der Waals surface area contributed by atoms with Crippen LogP contribution in [-0.2, 0) is 31.9 Å². The van der Waals surface area contributed by atoms with Crippen LogP contribution in [0.4, 0.5) is 9.59 Å². The van der Waals surface area contributed by atoms with Gasteiger partial charge in [0.15, 0.2) is 0 Å². The van der Waals surface area contributed by atoms with Gasteiger partial charge in [0.1, 0.15) is 25.3 Å². The van der Waals surface area contributed by atoms with Crippen LogP contribution in [-0.4, -0.2) is 73.6 Å². The van der Waals surface area contributed by atoms with E-state index in [1.807, 2.05) is 158 Å². The van der Waals surface area contributed by atoms with Crippen molar-refractivity contribution in [3.63, 3.8) is 0 Å². The number of hydrogen-bond donors (Lipinski definition) is 5. The van der Waals surface area contributed by atoms with Crippen molar-refractivity contribution in [3.05, 3.63) is 215 Å². The third-order valence-electron chi connectivity index (χ3n) is 13.8. The Kier molecular flexibility index (Phi) is 13.8. The Morgan fingerprint density at radius 1 is 0.451 bits per heavy atom. The highest BCUT2D eigenvalue weighted by Crippen LogP contribution is 2.45. The number of benzene rings is 8. The summed E-state index contributed by atoms with van der Waals surface area (Å²) >= 11 is 0. The van der Waals surface area contributed by atoms with Crippen molar-refractivity contribution in [2.75, 3.05) is 26.4 Å². The van der Waals surface area contributed by atoms with Gasteiger partial charge in [-0.1, -0.05) is 182 Å². The average Bonchev–Trinajstić information content (AvgIpc) is 3.90. The number of hydrogen-bond acceptors (Lipinski definition) is 7. The quantitative estimate of drug-likeness (QED) is 0.0609. The lowest BCUT2D eigenvalue weighted by atomic mass is 9.98. The first-order valence-electron chi connectivity index (χ1n) is 24.2. The first kappa shape index (κ1) is 46.4. The van der Waals surface area contributed by atoms with Crippen molar-refractivity contribution in [1.82, 2.24) is 21.3 Å². The van der Waals surface area contributed by atoms with Gasteiger partial charge in [-0.15, -0.1) is 0 Å². The van der Waals surface area contributed by atoms with Crippen molar-refractivity contribution >= 4 is 45.5 Å². The van der Waals surface area contributed by atoms with Crippen LogP contribution in [0.3, 0.4) is 0 Å². The van der Waals surface area contributed by atoms with Crippen LogP contribution >= 0.6 is 0 Å². The zero-order valence-electron chi connectivity index (χ0n) is 39.1. The number of nitrogens with one attached hydrogen (secondary N) is 4. The summed E-state index contributed by atoms with van der Waals surface area (Å²) in [7, 11) is 0. The fourth-order valence-corrected chi connectivity index (χ4v) is 10.2. The number of aliphatic hydroxyl groups is 1. The number of amides is 4. The molecule has 0 fully saturated rings. The summed E-state index contributed by atoms with van der Waals surface area (Å²) in [6, 6.07) is 57.1. The smallest absolute Gasteiger partial charge is 0.407 e. The fourth-order valence-electron chi connectivity index (χ4n) is 10.2. The summed E-state index contributed by atoms with van der Waals surface area (Å²) in [5, 5.41) is 26.1. The van der Waals surface area contributed by atoms with E-state index in [2.05, 4.69) is 45.5 Å². The summed E-state index contributed by atoms with van der Waals surface area (Å²) in [5.74, 6) is -1.31. The summed E-state index contributed by atoms with van der Waals surface area (Å²) in [6.07, 6.45) is -1.00. The van der Waals surface area contributed by atoms with Crippen molar-refractivity contribution < 1.29 is 33.8 Å². The highest BCUT2D eigenvalue weighted by atomic mass is 16.6. The molecule has 356 valence electrons. The second kappa shape index (κ2) is 21.2. The topological polar surface area (TPSA) is 155 Å². The van der Waals surface area contributed by atoms with Gasteiger partial charge in [-0.05, 0) is 83.6 Å². The molecule has 11 nitrogen and oxygen atoms in total. The lowest BCUT2D eigenvalue weighted by Crippen LogP contribution is -2.52. The predicted molar refractivity (Wildman–Crippen MR) is 276 cm³/mol. The Morgan fingerprint density at radius 2 is 0.831 bits per heavy atom. The monoisotopic (exact) mass is 942 g/mol. The highest BCUT2D eigenvalue weighted by Gasteiger charge is 2.32. The van der Waals surface area contributed by atoms with Gasteiger partial charge in [-0.25, -0.2) is 9.59 Å². The second-order valence-corrected chi connectivity index (χ2v) is 18.3. The molecule has 0 heterocycles. The average molecular weight is 943 g/mol. The largest absolute Gasteiger partial charge is 0.449 e. The number of alkyl carbamates (subject to hydrolysis) is 2. The van der Waals surface area contributed by atoms with E-state index in [0.717, 1.165) is 77.2 Å². The summed E-state index contributed by atoms with van der Waals surface area (Å²) in [5.41, 5.74) is 10.4. The molecule has 2 aliphatic carbocycles. The molecular formula is C60H54N4O7. The van der Waals surface area contributed by atoms with E-state index in [0.29, 0.717) is 0 Å². The van der Waals surface area contributed by atoms with E-state index in [4.69, 9.17) is 9.47 Å². The van der Waals surface area contributed by atoms with Gasteiger partial charge < -0.3 is 35.8 Å². The first-order chi connectivity index (χ1) is 34.8. The van der Waals surface area contributed by atoms with Gasteiger partial charge in [0.05, 0.1) is 12.6 Å². The third-order valence-corrected chi connectivity index (χ3v) is 13.8. The maximum absolute atomic E-state index is 14.2. The molecule has 71 heavy (non-hydrogen) atoms. The van der Waals surface area contributed by atoms with Crippen molar-refractivity contribution in [1.29, 1.82) is 0 Å². The maximum Gasteiger partial charge on any atom is 0.407 e. The number of aliphatic hydroxyl groups excluding tert-OH is 1. The van der Waals surface area contributed by atoms with E-state index in [1.165, 1.54) is 0 Å². The van der Waals surface area contributed by atoms with Crippen LogP contribution in [0.5, 0.6) is 0 Å². The molecule has 8 aromatic rings. The molecule has 1 unspecified atom stereocenters. The molecule has 8 aromatic carbocycles. The van der Waals surface area contributed by atoms with Crippen molar-refractivity contribution in [3.8, 4) is 22.3 Å². The Balaban J connectivity index is 0.797. The molecule has 0 aliphatic heterocycles. The molecule has 4 amide bonds. The van der Waals surface area contributed by atoms with E-state index >= 15 is 0 Å². The SMILES string of the molecule is O=C(N[C@@H](Cc1ccc2ccccc2c1)C(=O)NCCC(CO)NC(=O)[C@H](Cc1ccc2ccccc2c1)NC(=O)OCC1c2ccccc2-c2ccccc21)OCC1c2ccccc2-c2ccccc21. The highest BCUT2D eigenvalue weighted by molar-refractivity contribution is 5.89. The molecule has 11 heteroatoms. The minimum absolute atomic E-state index is 0.0556. The van der Waals surface area contributed by atoms with Crippen LogP contribution in [0.2, 0.25) is 0 Å². The van der Waals surface area contributed by atoms with Gasteiger partial charge in [0.2, 0.25) is 11.8 Å². The van der Waals surface area contributed by atoms with Crippen LogP contribution in [0, 0.1) is 0 Å². The first-order valence-corrected chi connectivity index (χ1v) is 24.2. The Morgan fingerprint density at radius 3 is 1.25 bits per heavy atom. The molecule has 10 rings (SSSR count). The Hall–Kier alpha value is -8.28. The third kappa shape index (κ3) is 10.4. The predicted octanol–water partition coefficient (Wildman–Crippen LogP) is 9.58. The van der Waals surface area contributed by atoms with E-state index in [1.54, 1.807) is 0 Å². The lowest BCUT2D eigenvalue weighted by molar-refractivity contribution is -0.124. The molecule has 0 radical (unpaired) electrons. The van der Waals surface area contributed by atoms with Crippen LogP contribution in [0.1, 0.15) is 51.6 Å². The van der Waals surface area contributed by atoms with Gasteiger partial charge in [0, 0.05) is 31.2 Å². The summed E-state index contributed by atoms with van der Waals surface area (Å²) in [4.78, 5) is 55.5. The standard InChI is InChI=1S/C60H54N4O7/c65-35-44(62-58(67)56(34-39-26-28-41-14-2-4-16-43(41)32-39)64-60(69)71-37-54-51-23-11-7-19-47(51)48-20-8-12-24-52(48)54)29-30-61-57(66)55(33-38-25-27-40-13-1-3-15-42(40)31-38)63-59(68)70-36-53-49-21-9-5-17-45(49)46-18-6-10-22-50(46)53/h1-28,31-32,44,53-56,65H,29-30,33-37H2,(H,61,66)(H,62,67)(H,63,68)(H,64,69)/t44?,55-,56-/m0/s1. The Bertz CT molecular complexity index is 3170. The number of ether oxygens (including phenoxy) is 2. The summed E-state index contributed by atoms with van der Waals surface area (Å²) < 4.78 is 11.7. The maximum atomic E-state index is 14.2. The number of fused-ring (bicyclic) bond motifs is 8. The molecule has 0 saturated heterocycles. The minimum Gasteiger partial charge on any atom is -0.449 e. The van der Waals surface area contributed by atoms with Crippen LogP contribution in [0.15, 0.2) is 182 Å². The van der Waals surface area contributed by atoms with Gasteiger partial charge >= 0.3 is 12.2 Å². The van der Waals surface area contributed by atoms with Gasteiger partial charge in [-0.2, -0.15) is 0 Å². The zero-order valence-corrected chi connectivity index (χ0v) is 39.1. The molecule has 5 N–H and O–H groups in total. The fraction of sp³-hybridized carbons (Fsp3) is 0.200. The molecule has 0 spiro atoms. The Labute approximate surface area is 412 Å². The van der Waals surface area contributed by atoms with Crippen LogP contribution in [0.25, 0.3) is 43.8 Å². The second-order valence-electron chi connectivity index (χ2n) is 18.3. The molecule has 0 bridgehead atoms. The number of rotatable bonds is 17. The number of carbonyl (C=O) groups excluding carboxylic acids is 4. The zero-order chi connectivity index (χ0) is 48.7. The van der Waals surface area contributed by atoms with E-state index in [9.17, 15) is 24.3 Å². The minimum atomic E-state index is -1.07. The normalized spacial score (nSPS) is 13.8. The lowest BCUT2D eigenvalue weighted by Gasteiger charge is -2.24. The summed E-state index contributed by atoms with van der Waals surface area (Å²) in [6.45, 7) is -0.227. The van der Waals surface area contributed by atoms with E-state index in [-0.39, 0.29) is 50.9 Å². The number of carbonyl (C=O) groups is 4. The molecule has 3 atom stereocenters. The van der Waals surface area contributed by atoms with E-state index < -0.39 is 48.7 Å². The van der Waals surface area contributed by atoms with Gasteiger partial charge in [0.25, 0.3) is 0 Å². The van der Waals surface area contributed by atoms with Crippen molar-refractivity contribution in [2.45, 2.75) is 49.2 Å². The molecule has 0 saturated carbocycles. The molecular weight excluding hydrogens is 889 g/mol. The van der Waals surface area contributed by atoms with Crippen LogP contribution < -0.4 is 21.3 Å². The molecule has 2 aliphatic rings. The molecule has 0 aromatic heterocycles. The van der Waals surface area contributed by atoms with Crippen molar-refractivity contribution in [2.24, 2.45) is 0 Å². The van der Waals surface area contributed by atoms with Gasteiger partial charge in [-0.3, -0.25) is 9.59 Å².